The third kappa shape index (κ3) is 3.06. The number of pyridine rings is 1. The number of imidazole rings is 1. The summed E-state index contributed by atoms with van der Waals surface area (Å²) < 4.78 is 6.68. The van der Waals surface area contributed by atoms with E-state index in [1.54, 1.807) is 12.1 Å². The Morgan fingerprint density at radius 1 is 1.33 bits per heavy atom. The SMILES string of the molecule is COC(=O)c1ccn2cc(CN3CCN(C)CC3)nc2c1. The molecule has 2 aromatic heterocycles. The lowest BCUT2D eigenvalue weighted by Crippen LogP contribution is -2.43. The van der Waals surface area contributed by atoms with Crippen molar-refractivity contribution >= 4 is 11.6 Å². The fourth-order valence-electron chi connectivity index (χ4n) is 2.59. The minimum Gasteiger partial charge on any atom is -0.465 e. The number of fused-ring (bicyclic) bond motifs is 1. The van der Waals surface area contributed by atoms with Crippen LogP contribution in [0.15, 0.2) is 24.5 Å². The second-order valence-electron chi connectivity index (χ2n) is 5.48. The molecule has 0 spiro atoms. The first-order valence-electron chi connectivity index (χ1n) is 7.12. The fourth-order valence-corrected chi connectivity index (χ4v) is 2.59. The second kappa shape index (κ2) is 5.83. The first kappa shape index (κ1) is 14.0. The zero-order valence-corrected chi connectivity index (χ0v) is 12.5. The van der Waals surface area contributed by atoms with Crippen molar-refractivity contribution in [3.63, 3.8) is 0 Å². The molecule has 0 atom stereocenters. The van der Waals surface area contributed by atoms with E-state index in [0.717, 1.165) is 44.1 Å². The molecule has 3 heterocycles. The van der Waals surface area contributed by atoms with E-state index in [-0.39, 0.29) is 5.97 Å². The lowest BCUT2D eigenvalue weighted by atomic mass is 10.3. The van der Waals surface area contributed by atoms with Crippen molar-refractivity contribution in [3.05, 3.63) is 35.8 Å². The van der Waals surface area contributed by atoms with Crippen molar-refractivity contribution in [1.29, 1.82) is 0 Å². The Balaban J connectivity index is 1.76. The highest BCUT2D eigenvalue weighted by Crippen LogP contribution is 2.12. The van der Waals surface area contributed by atoms with Gasteiger partial charge in [-0.1, -0.05) is 0 Å². The molecule has 0 saturated carbocycles. The molecule has 0 unspecified atom stereocenters. The molecule has 1 aliphatic rings. The van der Waals surface area contributed by atoms with Gasteiger partial charge in [-0.15, -0.1) is 0 Å². The molecule has 1 saturated heterocycles. The molecule has 2 aromatic rings. The highest BCUT2D eigenvalue weighted by molar-refractivity contribution is 5.90. The summed E-state index contributed by atoms with van der Waals surface area (Å²) in [6.45, 7) is 5.18. The molecule has 3 rings (SSSR count). The van der Waals surface area contributed by atoms with Gasteiger partial charge in [-0.3, -0.25) is 4.90 Å². The van der Waals surface area contributed by atoms with Gasteiger partial charge in [0.15, 0.2) is 0 Å². The van der Waals surface area contributed by atoms with Gasteiger partial charge in [-0.25, -0.2) is 9.78 Å². The minimum absolute atomic E-state index is 0.332. The Labute approximate surface area is 123 Å². The lowest BCUT2D eigenvalue weighted by Gasteiger charge is -2.31. The summed E-state index contributed by atoms with van der Waals surface area (Å²) in [6.07, 6.45) is 3.87. The normalized spacial score (nSPS) is 17.2. The van der Waals surface area contributed by atoms with Crippen molar-refractivity contribution < 1.29 is 9.53 Å². The predicted molar refractivity (Wildman–Crippen MR) is 79.3 cm³/mol. The summed E-state index contributed by atoms with van der Waals surface area (Å²) >= 11 is 0. The number of rotatable bonds is 3. The summed E-state index contributed by atoms with van der Waals surface area (Å²) in [4.78, 5) is 20.9. The Bertz CT molecular complexity index is 644. The van der Waals surface area contributed by atoms with Gasteiger partial charge in [0.2, 0.25) is 0 Å². The molecule has 0 amide bonds. The molecule has 0 N–H and O–H groups in total. The summed E-state index contributed by atoms with van der Waals surface area (Å²) in [7, 11) is 3.54. The van der Waals surface area contributed by atoms with E-state index >= 15 is 0 Å². The van der Waals surface area contributed by atoms with Gasteiger partial charge < -0.3 is 14.0 Å². The van der Waals surface area contributed by atoms with Crippen LogP contribution in [-0.4, -0.2) is 65.5 Å². The Kier molecular flexibility index (Phi) is 3.90. The number of aromatic nitrogens is 2. The lowest BCUT2D eigenvalue weighted by molar-refractivity contribution is 0.0600. The summed E-state index contributed by atoms with van der Waals surface area (Å²) in [5.41, 5.74) is 2.34. The van der Waals surface area contributed by atoms with Crippen molar-refractivity contribution in [2.75, 3.05) is 40.3 Å². The van der Waals surface area contributed by atoms with Gasteiger partial charge in [-0.2, -0.15) is 0 Å². The first-order valence-corrected chi connectivity index (χ1v) is 7.12. The number of hydrogen-bond donors (Lipinski definition) is 0. The maximum Gasteiger partial charge on any atom is 0.338 e. The molecular formula is C15H20N4O2. The van der Waals surface area contributed by atoms with Gasteiger partial charge in [0.25, 0.3) is 0 Å². The molecule has 21 heavy (non-hydrogen) atoms. The number of nitrogens with zero attached hydrogens (tertiary/aromatic N) is 4. The minimum atomic E-state index is -0.332. The van der Waals surface area contributed by atoms with Crippen molar-refractivity contribution in [2.45, 2.75) is 6.54 Å². The van der Waals surface area contributed by atoms with E-state index in [2.05, 4.69) is 21.8 Å². The van der Waals surface area contributed by atoms with E-state index in [1.165, 1.54) is 7.11 Å². The van der Waals surface area contributed by atoms with Crippen LogP contribution in [0.2, 0.25) is 0 Å². The van der Waals surface area contributed by atoms with Crippen LogP contribution in [0.5, 0.6) is 0 Å². The van der Waals surface area contributed by atoms with Crippen LogP contribution in [0.25, 0.3) is 5.65 Å². The zero-order chi connectivity index (χ0) is 14.8. The number of hydrogen-bond acceptors (Lipinski definition) is 5. The van der Waals surface area contributed by atoms with E-state index < -0.39 is 0 Å². The molecule has 6 nitrogen and oxygen atoms in total. The highest BCUT2D eigenvalue weighted by Gasteiger charge is 2.15. The Morgan fingerprint density at radius 3 is 2.81 bits per heavy atom. The summed E-state index contributed by atoms with van der Waals surface area (Å²) in [6, 6.07) is 3.51. The van der Waals surface area contributed by atoms with Crippen LogP contribution >= 0.6 is 0 Å². The largest absolute Gasteiger partial charge is 0.465 e. The fraction of sp³-hybridized carbons (Fsp3) is 0.467. The molecule has 1 aliphatic heterocycles. The number of esters is 1. The van der Waals surface area contributed by atoms with Crippen molar-refractivity contribution in [1.82, 2.24) is 19.2 Å². The average Bonchev–Trinajstić information content (AvgIpc) is 2.90. The number of carbonyl (C=O) groups excluding carboxylic acids is 1. The standard InChI is InChI=1S/C15H20N4O2/c1-17-5-7-18(8-6-17)10-13-11-19-4-3-12(15(20)21-2)9-14(19)16-13/h3-4,9,11H,5-8,10H2,1-2H3. The van der Waals surface area contributed by atoms with E-state index in [9.17, 15) is 4.79 Å². The average molecular weight is 288 g/mol. The van der Waals surface area contributed by atoms with E-state index in [1.807, 2.05) is 16.8 Å². The topological polar surface area (TPSA) is 50.1 Å². The number of ether oxygens (including phenoxy) is 1. The van der Waals surface area contributed by atoms with Gasteiger partial charge >= 0.3 is 5.97 Å². The van der Waals surface area contributed by atoms with Crippen molar-refractivity contribution in [3.8, 4) is 0 Å². The number of piperazine rings is 1. The first-order chi connectivity index (χ1) is 10.2. The van der Waals surface area contributed by atoms with Gasteiger partial charge in [0.1, 0.15) is 5.65 Å². The molecule has 0 aromatic carbocycles. The van der Waals surface area contributed by atoms with Gasteiger partial charge in [0.05, 0.1) is 18.4 Å². The number of methoxy groups -OCH3 is 1. The molecule has 6 heteroatoms. The van der Waals surface area contributed by atoms with Crippen LogP contribution in [0.4, 0.5) is 0 Å². The van der Waals surface area contributed by atoms with Crippen LogP contribution in [0.3, 0.4) is 0 Å². The smallest absolute Gasteiger partial charge is 0.338 e. The second-order valence-corrected chi connectivity index (χ2v) is 5.48. The molecule has 112 valence electrons. The summed E-state index contributed by atoms with van der Waals surface area (Å²) in [5.74, 6) is -0.332. The molecule has 0 bridgehead atoms. The molecule has 0 aliphatic carbocycles. The Morgan fingerprint density at radius 2 is 2.10 bits per heavy atom. The van der Waals surface area contributed by atoms with Crippen LogP contribution in [-0.2, 0) is 11.3 Å². The third-order valence-electron chi connectivity index (χ3n) is 3.91. The maximum atomic E-state index is 11.5. The molecular weight excluding hydrogens is 268 g/mol. The predicted octanol–water partition coefficient (Wildman–Crippen LogP) is 0.868. The van der Waals surface area contributed by atoms with Crippen molar-refractivity contribution in [2.24, 2.45) is 0 Å². The van der Waals surface area contributed by atoms with Crippen LogP contribution in [0.1, 0.15) is 16.1 Å². The quantitative estimate of drug-likeness (QED) is 0.784. The Hall–Kier alpha value is -1.92. The number of likely N-dealkylation sites (N-methyl/N-ethyl adjacent to an activating group) is 1. The number of carbonyl (C=O) groups is 1. The maximum absolute atomic E-state index is 11.5. The van der Waals surface area contributed by atoms with Crippen LogP contribution in [0, 0.1) is 0 Å². The monoisotopic (exact) mass is 288 g/mol. The van der Waals surface area contributed by atoms with Gasteiger partial charge in [0, 0.05) is 45.1 Å². The molecule has 0 radical (unpaired) electrons. The van der Waals surface area contributed by atoms with Gasteiger partial charge in [-0.05, 0) is 19.2 Å². The van der Waals surface area contributed by atoms with Crippen LogP contribution < -0.4 is 0 Å². The zero-order valence-electron chi connectivity index (χ0n) is 12.5. The third-order valence-corrected chi connectivity index (χ3v) is 3.91. The van der Waals surface area contributed by atoms with E-state index in [4.69, 9.17) is 4.74 Å². The molecule has 1 fully saturated rings. The van der Waals surface area contributed by atoms with E-state index in [0.29, 0.717) is 5.56 Å². The highest BCUT2D eigenvalue weighted by atomic mass is 16.5. The summed E-state index contributed by atoms with van der Waals surface area (Å²) in [5, 5.41) is 0.